The Kier molecular flexibility index (Phi) is 8.34. The van der Waals surface area contributed by atoms with E-state index in [1.54, 1.807) is 12.4 Å². The summed E-state index contributed by atoms with van der Waals surface area (Å²) in [7, 11) is 0. The summed E-state index contributed by atoms with van der Waals surface area (Å²) in [6.07, 6.45) is 5.95. The zero-order valence-electron chi connectivity index (χ0n) is 20.4. The zero-order chi connectivity index (χ0) is 23.8. The number of carbonyl (C=O) groups excluding carboxylic acids is 1. The largest absolute Gasteiger partial charge is 0.494 e. The maximum Gasteiger partial charge on any atom is 0.225 e. The van der Waals surface area contributed by atoms with Gasteiger partial charge in [0.05, 0.1) is 12.2 Å². The molecular weight excluding hydrogens is 430 g/mol. The Labute approximate surface area is 202 Å². The average molecular weight is 468 g/mol. The predicted molar refractivity (Wildman–Crippen MR) is 132 cm³/mol. The molecule has 0 unspecified atom stereocenters. The fourth-order valence-corrected chi connectivity index (χ4v) is 4.58. The van der Waals surface area contributed by atoms with Crippen molar-refractivity contribution < 1.29 is 14.3 Å². The molecule has 8 nitrogen and oxygen atoms in total. The van der Waals surface area contributed by atoms with Crippen LogP contribution < -0.4 is 15.0 Å². The van der Waals surface area contributed by atoms with Crippen molar-refractivity contribution in [3.63, 3.8) is 0 Å². The average Bonchev–Trinajstić information content (AvgIpc) is 2.85. The Bertz CT molecular complexity index is 898. The summed E-state index contributed by atoms with van der Waals surface area (Å²) in [5.74, 6) is 1.87. The number of benzene rings is 1. The van der Waals surface area contributed by atoms with Crippen LogP contribution in [-0.2, 0) is 16.1 Å². The highest BCUT2D eigenvalue weighted by atomic mass is 16.5. The van der Waals surface area contributed by atoms with E-state index in [-0.39, 0.29) is 17.4 Å². The first-order valence-corrected chi connectivity index (χ1v) is 12.4. The standard InChI is InChI=1S/C26H37N5O3/c1-26(2)19-22(9-18-34-26)24(32)27-12-4-17-33-23-7-5-21(6-8-23)20-30-13-15-31(16-14-30)25-28-10-3-11-29-25/h3,5-8,10-11,22H,4,9,12-20H2,1-2H3,(H,27,32)/t22-/m1/s1. The lowest BCUT2D eigenvalue weighted by atomic mass is 9.88. The molecule has 1 amide bonds. The Morgan fingerprint density at radius 1 is 1.15 bits per heavy atom. The van der Waals surface area contributed by atoms with Crippen molar-refractivity contribution in [2.24, 2.45) is 5.92 Å². The van der Waals surface area contributed by atoms with E-state index in [2.05, 4.69) is 37.2 Å². The highest BCUT2D eigenvalue weighted by Crippen LogP contribution is 2.28. The minimum atomic E-state index is -0.207. The Hall–Kier alpha value is -2.71. The molecule has 2 aromatic rings. The molecule has 0 aliphatic carbocycles. The molecule has 3 heterocycles. The van der Waals surface area contributed by atoms with Crippen LogP contribution in [0.4, 0.5) is 5.95 Å². The van der Waals surface area contributed by atoms with Crippen LogP contribution in [0.1, 0.15) is 38.7 Å². The molecule has 1 aromatic heterocycles. The number of carbonyl (C=O) groups is 1. The van der Waals surface area contributed by atoms with Crippen molar-refractivity contribution >= 4 is 11.9 Å². The maximum atomic E-state index is 12.4. The van der Waals surface area contributed by atoms with Crippen LogP contribution in [0.5, 0.6) is 5.75 Å². The molecule has 2 fully saturated rings. The van der Waals surface area contributed by atoms with Crippen LogP contribution >= 0.6 is 0 Å². The van der Waals surface area contributed by atoms with Crippen molar-refractivity contribution in [3.8, 4) is 5.75 Å². The number of aromatic nitrogens is 2. The molecule has 4 rings (SSSR count). The monoisotopic (exact) mass is 467 g/mol. The van der Waals surface area contributed by atoms with E-state index in [0.717, 1.165) is 63.7 Å². The van der Waals surface area contributed by atoms with E-state index in [1.165, 1.54) is 5.56 Å². The second-order valence-electron chi connectivity index (χ2n) is 9.75. The van der Waals surface area contributed by atoms with Crippen molar-refractivity contribution in [1.82, 2.24) is 20.2 Å². The lowest BCUT2D eigenvalue weighted by Crippen LogP contribution is -2.46. The van der Waals surface area contributed by atoms with Crippen LogP contribution in [0.2, 0.25) is 0 Å². The number of anilines is 1. The van der Waals surface area contributed by atoms with Gasteiger partial charge in [-0.2, -0.15) is 0 Å². The summed E-state index contributed by atoms with van der Waals surface area (Å²) in [6, 6.07) is 10.2. The maximum absolute atomic E-state index is 12.4. The fourth-order valence-electron chi connectivity index (χ4n) is 4.58. The Morgan fingerprint density at radius 3 is 2.59 bits per heavy atom. The first-order chi connectivity index (χ1) is 16.5. The fraction of sp³-hybridized carbons (Fsp3) is 0.577. The normalized spacial score (nSPS) is 20.6. The zero-order valence-corrected chi connectivity index (χ0v) is 20.4. The summed E-state index contributed by atoms with van der Waals surface area (Å²) in [5, 5.41) is 3.05. The molecule has 2 aliphatic rings. The van der Waals surface area contributed by atoms with Gasteiger partial charge in [-0.1, -0.05) is 12.1 Å². The van der Waals surface area contributed by atoms with Gasteiger partial charge in [-0.25, -0.2) is 9.97 Å². The van der Waals surface area contributed by atoms with Crippen LogP contribution in [0.15, 0.2) is 42.7 Å². The Morgan fingerprint density at radius 2 is 1.88 bits per heavy atom. The van der Waals surface area contributed by atoms with Crippen molar-refractivity contribution in [1.29, 1.82) is 0 Å². The summed E-state index contributed by atoms with van der Waals surface area (Å²) >= 11 is 0. The summed E-state index contributed by atoms with van der Waals surface area (Å²) in [4.78, 5) is 25.8. The predicted octanol–water partition coefficient (Wildman–Crippen LogP) is 2.89. The third kappa shape index (κ3) is 7.14. The number of rotatable bonds is 9. The van der Waals surface area contributed by atoms with E-state index in [0.29, 0.717) is 19.8 Å². The van der Waals surface area contributed by atoms with Gasteiger partial charge in [0.15, 0.2) is 0 Å². The first-order valence-electron chi connectivity index (χ1n) is 12.4. The summed E-state index contributed by atoms with van der Waals surface area (Å²) in [5.41, 5.74) is 1.07. The molecule has 0 spiro atoms. The third-order valence-electron chi connectivity index (χ3n) is 6.49. The highest BCUT2D eigenvalue weighted by molar-refractivity contribution is 5.78. The second kappa shape index (κ2) is 11.6. The van der Waals surface area contributed by atoms with E-state index in [1.807, 2.05) is 32.0 Å². The lowest BCUT2D eigenvalue weighted by Gasteiger charge is -2.34. The quantitative estimate of drug-likeness (QED) is 0.568. The molecule has 2 saturated heterocycles. The van der Waals surface area contributed by atoms with Gasteiger partial charge < -0.3 is 19.7 Å². The van der Waals surface area contributed by atoms with Gasteiger partial charge in [0.1, 0.15) is 5.75 Å². The van der Waals surface area contributed by atoms with E-state index in [9.17, 15) is 4.79 Å². The lowest BCUT2D eigenvalue weighted by molar-refractivity contribution is -0.135. The minimum absolute atomic E-state index is 0.0480. The van der Waals surface area contributed by atoms with E-state index < -0.39 is 0 Å². The number of piperazine rings is 1. The molecule has 0 bridgehead atoms. The molecule has 1 aromatic carbocycles. The van der Waals surface area contributed by atoms with Crippen LogP contribution in [-0.4, -0.2) is 72.3 Å². The highest BCUT2D eigenvalue weighted by Gasteiger charge is 2.32. The molecule has 2 aliphatic heterocycles. The number of hydrogen-bond acceptors (Lipinski definition) is 7. The number of amides is 1. The number of nitrogens with one attached hydrogen (secondary N) is 1. The van der Waals surface area contributed by atoms with Gasteiger partial charge in [0.25, 0.3) is 0 Å². The van der Waals surface area contributed by atoms with Crippen molar-refractivity contribution in [2.45, 2.75) is 45.3 Å². The van der Waals surface area contributed by atoms with Gasteiger partial charge in [-0.15, -0.1) is 0 Å². The summed E-state index contributed by atoms with van der Waals surface area (Å²) < 4.78 is 11.6. The molecule has 0 saturated carbocycles. The van der Waals surface area contributed by atoms with Gasteiger partial charge >= 0.3 is 0 Å². The molecule has 184 valence electrons. The smallest absolute Gasteiger partial charge is 0.225 e. The Balaban J connectivity index is 1.11. The van der Waals surface area contributed by atoms with Crippen molar-refractivity contribution in [2.75, 3.05) is 50.8 Å². The van der Waals surface area contributed by atoms with Crippen LogP contribution in [0.25, 0.3) is 0 Å². The summed E-state index contributed by atoms with van der Waals surface area (Å²) in [6.45, 7) is 10.8. The molecule has 1 atom stereocenters. The van der Waals surface area contributed by atoms with E-state index >= 15 is 0 Å². The molecule has 0 radical (unpaired) electrons. The molecule has 1 N–H and O–H groups in total. The van der Waals surface area contributed by atoms with Gasteiger partial charge in [0, 0.05) is 64.2 Å². The van der Waals surface area contributed by atoms with Crippen LogP contribution in [0, 0.1) is 5.92 Å². The molecule has 8 heteroatoms. The van der Waals surface area contributed by atoms with Crippen LogP contribution in [0.3, 0.4) is 0 Å². The molecule has 34 heavy (non-hydrogen) atoms. The third-order valence-corrected chi connectivity index (χ3v) is 6.49. The number of nitrogens with zero attached hydrogens (tertiary/aromatic N) is 4. The van der Waals surface area contributed by atoms with E-state index in [4.69, 9.17) is 9.47 Å². The van der Waals surface area contributed by atoms with Gasteiger partial charge in [0.2, 0.25) is 11.9 Å². The van der Waals surface area contributed by atoms with Gasteiger partial charge in [-0.3, -0.25) is 9.69 Å². The topological polar surface area (TPSA) is 79.8 Å². The number of hydrogen-bond donors (Lipinski definition) is 1. The van der Waals surface area contributed by atoms with Crippen molar-refractivity contribution in [3.05, 3.63) is 48.3 Å². The first kappa shape index (κ1) is 24.4. The number of ether oxygens (including phenoxy) is 2. The SMILES string of the molecule is CC1(C)C[C@H](C(=O)NCCCOc2ccc(CN3CCN(c4ncccn4)CC3)cc2)CCO1. The van der Waals surface area contributed by atoms with Gasteiger partial charge in [-0.05, 0) is 56.9 Å². The molecular formula is C26H37N5O3. The second-order valence-corrected chi connectivity index (χ2v) is 9.75. The minimum Gasteiger partial charge on any atom is -0.494 e.